The minimum atomic E-state index is 0.781. The second-order valence-electron chi connectivity index (χ2n) is 2.99. The molecule has 0 heterocycles. The number of rotatable bonds is 6. The standard InChI is InChI=1S/C8H18BrN/c1-8(2)7-10-6-4-3-5-9/h8,10H,3-7H2,1-2H3. The van der Waals surface area contributed by atoms with Gasteiger partial charge in [-0.15, -0.1) is 0 Å². The number of nitrogens with one attached hydrogen (secondary N) is 1. The van der Waals surface area contributed by atoms with Crippen molar-refractivity contribution in [3.8, 4) is 0 Å². The molecule has 1 N–H and O–H groups in total. The summed E-state index contributed by atoms with van der Waals surface area (Å²) >= 11 is 3.40. The minimum Gasteiger partial charge on any atom is -0.316 e. The fourth-order valence-corrected chi connectivity index (χ4v) is 1.13. The third kappa shape index (κ3) is 8.44. The highest BCUT2D eigenvalue weighted by atomic mass is 79.9. The first-order valence-electron chi connectivity index (χ1n) is 4.04. The Balaban J connectivity index is 2.77. The summed E-state index contributed by atoms with van der Waals surface area (Å²) in [4.78, 5) is 0. The van der Waals surface area contributed by atoms with Crippen LogP contribution in [-0.4, -0.2) is 18.4 Å². The molecular weight excluding hydrogens is 190 g/mol. The van der Waals surface area contributed by atoms with Gasteiger partial charge in [0, 0.05) is 5.33 Å². The highest BCUT2D eigenvalue weighted by Crippen LogP contribution is 1.92. The maximum absolute atomic E-state index is 3.40. The van der Waals surface area contributed by atoms with Crippen molar-refractivity contribution < 1.29 is 0 Å². The van der Waals surface area contributed by atoms with E-state index in [1.807, 2.05) is 0 Å². The van der Waals surface area contributed by atoms with Gasteiger partial charge < -0.3 is 5.32 Å². The van der Waals surface area contributed by atoms with Crippen molar-refractivity contribution >= 4 is 15.9 Å². The Hall–Kier alpha value is 0.440. The van der Waals surface area contributed by atoms with Gasteiger partial charge in [-0.1, -0.05) is 29.8 Å². The second-order valence-corrected chi connectivity index (χ2v) is 3.79. The summed E-state index contributed by atoms with van der Waals surface area (Å²) in [6.45, 7) is 6.79. The number of halogens is 1. The number of unbranched alkanes of at least 4 members (excludes halogenated alkanes) is 1. The van der Waals surface area contributed by atoms with E-state index >= 15 is 0 Å². The van der Waals surface area contributed by atoms with E-state index in [1.165, 1.54) is 19.4 Å². The van der Waals surface area contributed by atoms with Crippen LogP contribution in [0.5, 0.6) is 0 Å². The van der Waals surface area contributed by atoms with Crippen molar-refractivity contribution in [1.82, 2.24) is 5.32 Å². The first kappa shape index (κ1) is 10.4. The summed E-state index contributed by atoms with van der Waals surface area (Å²) in [7, 11) is 0. The van der Waals surface area contributed by atoms with Crippen LogP contribution in [0.25, 0.3) is 0 Å². The molecule has 0 bridgehead atoms. The summed E-state index contributed by atoms with van der Waals surface area (Å²) in [5.41, 5.74) is 0. The van der Waals surface area contributed by atoms with Crippen LogP contribution in [0.4, 0.5) is 0 Å². The van der Waals surface area contributed by atoms with Crippen molar-refractivity contribution in [2.75, 3.05) is 18.4 Å². The van der Waals surface area contributed by atoms with E-state index < -0.39 is 0 Å². The number of hydrogen-bond donors (Lipinski definition) is 1. The molecule has 0 saturated carbocycles. The van der Waals surface area contributed by atoms with Crippen molar-refractivity contribution in [2.45, 2.75) is 26.7 Å². The lowest BCUT2D eigenvalue weighted by molar-refractivity contribution is 0.541. The van der Waals surface area contributed by atoms with Gasteiger partial charge in [0.25, 0.3) is 0 Å². The second kappa shape index (κ2) is 7.55. The lowest BCUT2D eigenvalue weighted by atomic mass is 10.2. The normalized spacial score (nSPS) is 10.8. The maximum Gasteiger partial charge on any atom is 0.00317 e. The summed E-state index contributed by atoms with van der Waals surface area (Å²) < 4.78 is 0. The third-order valence-corrected chi connectivity index (χ3v) is 1.85. The predicted octanol–water partition coefficient (Wildman–Crippen LogP) is 2.41. The van der Waals surface area contributed by atoms with Crippen molar-refractivity contribution in [1.29, 1.82) is 0 Å². The summed E-state index contributed by atoms with van der Waals surface area (Å²) in [5.74, 6) is 0.781. The summed E-state index contributed by atoms with van der Waals surface area (Å²) in [6, 6.07) is 0. The summed E-state index contributed by atoms with van der Waals surface area (Å²) in [6.07, 6.45) is 2.57. The van der Waals surface area contributed by atoms with E-state index in [4.69, 9.17) is 0 Å². The van der Waals surface area contributed by atoms with E-state index in [-0.39, 0.29) is 0 Å². The Morgan fingerprint density at radius 3 is 2.50 bits per heavy atom. The zero-order valence-corrected chi connectivity index (χ0v) is 8.58. The Kier molecular flexibility index (Phi) is 7.88. The Morgan fingerprint density at radius 1 is 1.30 bits per heavy atom. The monoisotopic (exact) mass is 207 g/mol. The number of hydrogen-bond acceptors (Lipinski definition) is 1. The molecule has 0 aliphatic rings. The van der Waals surface area contributed by atoms with Crippen molar-refractivity contribution in [3.05, 3.63) is 0 Å². The molecular formula is C8H18BrN. The molecule has 62 valence electrons. The van der Waals surface area contributed by atoms with E-state index in [0.29, 0.717) is 0 Å². The molecule has 0 aromatic carbocycles. The van der Waals surface area contributed by atoms with E-state index in [0.717, 1.165) is 17.8 Å². The zero-order valence-electron chi connectivity index (χ0n) is 6.99. The molecule has 2 heteroatoms. The molecule has 0 fully saturated rings. The van der Waals surface area contributed by atoms with Gasteiger partial charge in [0.2, 0.25) is 0 Å². The molecule has 0 aliphatic carbocycles. The van der Waals surface area contributed by atoms with Crippen LogP contribution < -0.4 is 5.32 Å². The lowest BCUT2D eigenvalue weighted by Gasteiger charge is -2.05. The molecule has 0 spiro atoms. The topological polar surface area (TPSA) is 12.0 Å². The van der Waals surface area contributed by atoms with E-state index in [9.17, 15) is 0 Å². The molecule has 1 nitrogen and oxygen atoms in total. The van der Waals surface area contributed by atoms with Gasteiger partial charge in [-0.05, 0) is 31.8 Å². The van der Waals surface area contributed by atoms with Crippen LogP contribution in [0.15, 0.2) is 0 Å². The molecule has 0 saturated heterocycles. The third-order valence-electron chi connectivity index (χ3n) is 1.29. The zero-order chi connectivity index (χ0) is 7.82. The van der Waals surface area contributed by atoms with Gasteiger partial charge in [0.1, 0.15) is 0 Å². The molecule has 0 aromatic rings. The molecule has 0 amide bonds. The van der Waals surface area contributed by atoms with E-state index in [1.54, 1.807) is 0 Å². The van der Waals surface area contributed by atoms with Crippen LogP contribution in [0.1, 0.15) is 26.7 Å². The Labute approximate surface area is 72.7 Å². The van der Waals surface area contributed by atoms with E-state index in [2.05, 4.69) is 35.1 Å². The molecule has 0 aromatic heterocycles. The fraction of sp³-hybridized carbons (Fsp3) is 1.00. The molecule has 10 heavy (non-hydrogen) atoms. The van der Waals surface area contributed by atoms with Gasteiger partial charge in [-0.3, -0.25) is 0 Å². The van der Waals surface area contributed by atoms with Crippen molar-refractivity contribution in [3.63, 3.8) is 0 Å². The first-order valence-corrected chi connectivity index (χ1v) is 5.16. The summed E-state index contributed by atoms with van der Waals surface area (Å²) in [5, 5.41) is 4.53. The van der Waals surface area contributed by atoms with Crippen molar-refractivity contribution in [2.24, 2.45) is 5.92 Å². The maximum atomic E-state index is 3.40. The average Bonchev–Trinajstić information content (AvgIpc) is 1.87. The Bertz CT molecular complexity index is 64.3. The van der Waals surface area contributed by atoms with Gasteiger partial charge in [-0.25, -0.2) is 0 Å². The quantitative estimate of drug-likeness (QED) is 0.522. The SMILES string of the molecule is CC(C)CNCCCCBr. The van der Waals surface area contributed by atoms with Crippen LogP contribution in [0.3, 0.4) is 0 Å². The molecule has 0 rings (SSSR count). The van der Waals surface area contributed by atoms with Gasteiger partial charge in [0.15, 0.2) is 0 Å². The Morgan fingerprint density at radius 2 is 2.00 bits per heavy atom. The van der Waals surface area contributed by atoms with Crippen LogP contribution >= 0.6 is 15.9 Å². The highest BCUT2D eigenvalue weighted by molar-refractivity contribution is 9.09. The lowest BCUT2D eigenvalue weighted by Crippen LogP contribution is -2.20. The van der Waals surface area contributed by atoms with Crippen LogP contribution in [-0.2, 0) is 0 Å². The predicted molar refractivity (Wildman–Crippen MR) is 50.7 cm³/mol. The van der Waals surface area contributed by atoms with Crippen LogP contribution in [0.2, 0.25) is 0 Å². The van der Waals surface area contributed by atoms with Gasteiger partial charge in [-0.2, -0.15) is 0 Å². The van der Waals surface area contributed by atoms with Crippen LogP contribution in [0, 0.1) is 5.92 Å². The smallest absolute Gasteiger partial charge is 0.00317 e. The minimum absolute atomic E-state index is 0.781. The highest BCUT2D eigenvalue weighted by Gasteiger charge is 1.91. The van der Waals surface area contributed by atoms with Gasteiger partial charge >= 0.3 is 0 Å². The van der Waals surface area contributed by atoms with Gasteiger partial charge in [0.05, 0.1) is 0 Å². The number of alkyl halides is 1. The fourth-order valence-electron chi connectivity index (χ4n) is 0.735. The largest absolute Gasteiger partial charge is 0.316 e. The molecule has 0 atom stereocenters. The molecule has 0 unspecified atom stereocenters. The first-order chi connectivity index (χ1) is 4.77. The average molecular weight is 208 g/mol. The molecule has 0 aliphatic heterocycles. The molecule has 0 radical (unpaired) electrons.